The molecule has 1 aromatic rings. The molecule has 0 spiro atoms. The third-order valence-electron chi connectivity index (χ3n) is 1.73. The molecule has 0 heterocycles. The van der Waals surface area contributed by atoms with Crippen LogP contribution in [0.1, 0.15) is 11.1 Å². The molecule has 0 amide bonds. The number of benzene rings is 1. The smallest absolute Gasteiger partial charge is 0.119 e. The molecule has 12 heavy (non-hydrogen) atoms. The Morgan fingerprint density at radius 1 is 1.42 bits per heavy atom. The molecule has 0 radical (unpaired) electrons. The van der Waals surface area contributed by atoms with E-state index in [1.807, 2.05) is 13.0 Å². The van der Waals surface area contributed by atoms with Gasteiger partial charge < -0.3 is 5.11 Å². The maximum Gasteiger partial charge on any atom is 0.119 e. The van der Waals surface area contributed by atoms with Crippen LogP contribution in [-0.4, -0.2) is 11.0 Å². The first kappa shape index (κ1) is 9.69. The third-order valence-corrected chi connectivity index (χ3v) is 2.27. The first-order valence-corrected chi connectivity index (χ1v) is 4.60. The van der Waals surface area contributed by atoms with Gasteiger partial charge in [-0.25, -0.2) is 0 Å². The lowest BCUT2D eigenvalue weighted by Gasteiger charge is -2.05. The number of aromatic hydroxyl groups is 1. The molecule has 3 heteroatoms. The molecule has 1 rings (SSSR count). The lowest BCUT2D eigenvalue weighted by atomic mass is 10.1. The molecule has 1 N–H and O–H groups in total. The summed E-state index contributed by atoms with van der Waals surface area (Å²) >= 11 is 11.4. The van der Waals surface area contributed by atoms with Gasteiger partial charge in [-0.05, 0) is 30.5 Å². The second-order valence-electron chi connectivity index (χ2n) is 2.67. The van der Waals surface area contributed by atoms with Gasteiger partial charge >= 0.3 is 0 Å². The normalized spacial score (nSPS) is 10.2. The van der Waals surface area contributed by atoms with Crippen LogP contribution in [0.25, 0.3) is 0 Å². The van der Waals surface area contributed by atoms with E-state index >= 15 is 0 Å². The second-order valence-corrected chi connectivity index (χ2v) is 3.45. The van der Waals surface area contributed by atoms with E-state index in [1.165, 1.54) is 0 Å². The van der Waals surface area contributed by atoms with E-state index in [0.717, 1.165) is 17.5 Å². The minimum atomic E-state index is 0.235. The van der Waals surface area contributed by atoms with Crippen LogP contribution >= 0.6 is 23.2 Å². The number of hydrogen-bond acceptors (Lipinski definition) is 1. The monoisotopic (exact) mass is 204 g/mol. The molecule has 0 atom stereocenters. The Morgan fingerprint density at radius 2 is 2.08 bits per heavy atom. The molecule has 66 valence electrons. The minimum absolute atomic E-state index is 0.235. The molecular formula is C9H10Cl2O. The molecular weight excluding hydrogens is 195 g/mol. The highest BCUT2D eigenvalue weighted by atomic mass is 35.5. The van der Waals surface area contributed by atoms with Crippen LogP contribution in [0.4, 0.5) is 0 Å². The fourth-order valence-electron chi connectivity index (χ4n) is 1.02. The van der Waals surface area contributed by atoms with Crippen molar-refractivity contribution in [2.24, 2.45) is 0 Å². The van der Waals surface area contributed by atoms with E-state index in [-0.39, 0.29) is 5.75 Å². The molecule has 0 aliphatic rings. The predicted octanol–water partition coefficient (Wildman–Crippen LogP) is 3.14. The first-order valence-electron chi connectivity index (χ1n) is 3.69. The van der Waals surface area contributed by atoms with Gasteiger partial charge in [-0.15, -0.1) is 11.6 Å². The molecule has 0 fully saturated rings. The summed E-state index contributed by atoms with van der Waals surface area (Å²) in [7, 11) is 0. The number of phenols is 1. The lowest BCUT2D eigenvalue weighted by molar-refractivity contribution is 0.471. The van der Waals surface area contributed by atoms with Crippen molar-refractivity contribution in [1.82, 2.24) is 0 Å². The molecule has 1 aromatic carbocycles. The Morgan fingerprint density at radius 3 is 2.67 bits per heavy atom. The zero-order valence-electron chi connectivity index (χ0n) is 6.77. The van der Waals surface area contributed by atoms with Gasteiger partial charge in [0.15, 0.2) is 0 Å². The number of halogens is 2. The highest BCUT2D eigenvalue weighted by Crippen LogP contribution is 2.26. The SMILES string of the molecule is Cc1cc(CCCl)c(Cl)cc1O. The van der Waals surface area contributed by atoms with E-state index in [2.05, 4.69) is 0 Å². The number of alkyl halides is 1. The Bertz CT molecular complexity index is 284. The van der Waals surface area contributed by atoms with Gasteiger partial charge in [-0.1, -0.05) is 17.7 Å². The molecule has 0 saturated heterocycles. The van der Waals surface area contributed by atoms with E-state index in [4.69, 9.17) is 23.2 Å². The summed E-state index contributed by atoms with van der Waals surface area (Å²) in [6.45, 7) is 1.84. The average molecular weight is 205 g/mol. The molecule has 0 aromatic heterocycles. The Kier molecular flexibility index (Phi) is 3.24. The Balaban J connectivity index is 3.05. The summed E-state index contributed by atoms with van der Waals surface area (Å²) in [6.07, 6.45) is 0.738. The predicted molar refractivity (Wildman–Crippen MR) is 52.3 cm³/mol. The van der Waals surface area contributed by atoms with Gasteiger partial charge in [0, 0.05) is 10.9 Å². The number of hydrogen-bond donors (Lipinski definition) is 1. The zero-order valence-corrected chi connectivity index (χ0v) is 8.28. The summed E-state index contributed by atoms with van der Waals surface area (Å²) in [5.41, 5.74) is 1.82. The second kappa shape index (κ2) is 4.01. The lowest BCUT2D eigenvalue weighted by Crippen LogP contribution is -1.89. The minimum Gasteiger partial charge on any atom is -0.508 e. The van der Waals surface area contributed by atoms with Crippen molar-refractivity contribution in [3.8, 4) is 5.75 Å². The van der Waals surface area contributed by atoms with Crippen LogP contribution in [0.5, 0.6) is 5.75 Å². The molecule has 0 aliphatic heterocycles. The summed E-state index contributed by atoms with van der Waals surface area (Å²) in [4.78, 5) is 0. The van der Waals surface area contributed by atoms with Crippen LogP contribution < -0.4 is 0 Å². The third kappa shape index (κ3) is 2.05. The van der Waals surface area contributed by atoms with E-state index in [0.29, 0.717) is 10.9 Å². The van der Waals surface area contributed by atoms with Gasteiger partial charge in [0.1, 0.15) is 5.75 Å². The summed E-state index contributed by atoms with van der Waals surface area (Å²) < 4.78 is 0. The Hall–Kier alpha value is -0.400. The van der Waals surface area contributed by atoms with E-state index < -0.39 is 0 Å². The van der Waals surface area contributed by atoms with Crippen LogP contribution in [0.3, 0.4) is 0 Å². The van der Waals surface area contributed by atoms with Crippen LogP contribution in [0.2, 0.25) is 5.02 Å². The largest absolute Gasteiger partial charge is 0.508 e. The van der Waals surface area contributed by atoms with Crippen molar-refractivity contribution in [2.45, 2.75) is 13.3 Å². The summed E-state index contributed by atoms with van der Waals surface area (Å²) in [6, 6.07) is 3.42. The fraction of sp³-hybridized carbons (Fsp3) is 0.333. The molecule has 0 aliphatic carbocycles. The van der Waals surface area contributed by atoms with Crippen molar-refractivity contribution >= 4 is 23.2 Å². The van der Waals surface area contributed by atoms with Crippen molar-refractivity contribution in [3.05, 3.63) is 28.3 Å². The summed E-state index contributed by atoms with van der Waals surface area (Å²) in [5, 5.41) is 9.86. The van der Waals surface area contributed by atoms with Gasteiger partial charge in [0.05, 0.1) is 0 Å². The van der Waals surface area contributed by atoms with Crippen LogP contribution in [-0.2, 0) is 6.42 Å². The van der Waals surface area contributed by atoms with Gasteiger partial charge in [-0.3, -0.25) is 0 Å². The quantitative estimate of drug-likeness (QED) is 0.735. The highest BCUT2D eigenvalue weighted by Gasteiger charge is 2.03. The molecule has 1 nitrogen and oxygen atoms in total. The highest BCUT2D eigenvalue weighted by molar-refractivity contribution is 6.31. The van der Waals surface area contributed by atoms with Crippen LogP contribution in [0.15, 0.2) is 12.1 Å². The van der Waals surface area contributed by atoms with Gasteiger partial charge in [0.2, 0.25) is 0 Å². The van der Waals surface area contributed by atoms with Crippen LogP contribution in [0, 0.1) is 6.92 Å². The average Bonchev–Trinajstić information content (AvgIpc) is 2.01. The topological polar surface area (TPSA) is 20.2 Å². The Labute approximate surface area is 81.9 Å². The number of phenolic OH excluding ortho intramolecular Hbond substituents is 1. The maximum absolute atomic E-state index is 9.28. The standard InChI is InChI=1S/C9H10Cl2O/c1-6-4-7(2-3-10)8(11)5-9(6)12/h4-5,12H,2-3H2,1H3. The molecule has 0 saturated carbocycles. The molecule has 0 bridgehead atoms. The van der Waals surface area contributed by atoms with Gasteiger partial charge in [0.25, 0.3) is 0 Å². The zero-order chi connectivity index (χ0) is 9.14. The first-order chi connectivity index (χ1) is 5.65. The van der Waals surface area contributed by atoms with Crippen molar-refractivity contribution in [3.63, 3.8) is 0 Å². The van der Waals surface area contributed by atoms with Crippen molar-refractivity contribution in [1.29, 1.82) is 0 Å². The number of aryl methyl sites for hydroxylation is 2. The van der Waals surface area contributed by atoms with E-state index in [9.17, 15) is 5.11 Å². The fourth-order valence-corrected chi connectivity index (χ4v) is 1.48. The van der Waals surface area contributed by atoms with Gasteiger partial charge in [-0.2, -0.15) is 0 Å². The number of rotatable bonds is 2. The van der Waals surface area contributed by atoms with E-state index in [1.54, 1.807) is 6.07 Å². The summed E-state index contributed by atoms with van der Waals surface area (Å²) in [5.74, 6) is 0.780. The maximum atomic E-state index is 9.28. The van der Waals surface area contributed by atoms with Crippen molar-refractivity contribution in [2.75, 3.05) is 5.88 Å². The molecule has 0 unspecified atom stereocenters. The van der Waals surface area contributed by atoms with Crippen molar-refractivity contribution < 1.29 is 5.11 Å².